The molecule has 6 heteroatoms. The van der Waals surface area contributed by atoms with E-state index in [1.807, 2.05) is 0 Å². The summed E-state index contributed by atoms with van der Waals surface area (Å²) in [6, 6.07) is 6.64. The van der Waals surface area contributed by atoms with Crippen LogP contribution in [0.3, 0.4) is 0 Å². The molecule has 23 heavy (non-hydrogen) atoms. The van der Waals surface area contributed by atoms with E-state index in [0.29, 0.717) is 5.56 Å². The molecule has 3 rings (SSSR count). The molecule has 0 aliphatic carbocycles. The van der Waals surface area contributed by atoms with Gasteiger partial charge in [0.05, 0.1) is 6.04 Å². The van der Waals surface area contributed by atoms with E-state index in [1.165, 1.54) is 6.07 Å². The Bertz CT molecular complexity index is 690. The molecule has 1 saturated heterocycles. The van der Waals surface area contributed by atoms with E-state index in [-0.39, 0.29) is 36.3 Å². The van der Waals surface area contributed by atoms with Crippen LogP contribution in [-0.2, 0) is 11.4 Å². The predicted octanol–water partition coefficient (Wildman–Crippen LogP) is 2.58. The molecule has 120 valence electrons. The zero-order valence-corrected chi connectivity index (χ0v) is 12.8. The van der Waals surface area contributed by atoms with Gasteiger partial charge in [0.15, 0.2) is 0 Å². The Morgan fingerprint density at radius 2 is 2.04 bits per heavy atom. The van der Waals surface area contributed by atoms with Gasteiger partial charge in [0, 0.05) is 29.6 Å². The van der Waals surface area contributed by atoms with Gasteiger partial charge in [-0.1, -0.05) is 18.2 Å². The van der Waals surface area contributed by atoms with E-state index in [2.05, 4.69) is 15.3 Å². The van der Waals surface area contributed by atoms with E-state index in [1.54, 1.807) is 37.5 Å². The van der Waals surface area contributed by atoms with Crippen molar-refractivity contribution in [1.29, 1.82) is 0 Å². The number of carbonyl (C=O) groups is 1. The number of benzene rings is 1. The Kier molecular flexibility index (Phi) is 4.62. The minimum absolute atomic E-state index is 0.0834. The van der Waals surface area contributed by atoms with E-state index in [0.717, 1.165) is 18.4 Å². The lowest BCUT2D eigenvalue weighted by atomic mass is 10.1. The second-order valence-corrected chi connectivity index (χ2v) is 5.64. The summed E-state index contributed by atoms with van der Waals surface area (Å²) in [6.45, 7) is 1.68. The van der Waals surface area contributed by atoms with Crippen LogP contribution in [0, 0.1) is 5.82 Å². The molecule has 5 nitrogen and oxygen atoms in total. The van der Waals surface area contributed by atoms with Gasteiger partial charge in [-0.2, -0.15) is 0 Å². The minimum Gasteiger partial charge on any atom is -0.458 e. The number of Topliss-reactive ketones (excluding diaryl/α,β-unsaturated/α-hetero) is 1. The van der Waals surface area contributed by atoms with Crippen LogP contribution in [-0.4, -0.2) is 21.8 Å². The average Bonchev–Trinajstić information content (AvgIpc) is 3.05. The molecule has 0 amide bonds. The van der Waals surface area contributed by atoms with Gasteiger partial charge < -0.3 is 10.1 Å². The number of hydrogen-bond donors (Lipinski definition) is 1. The zero-order chi connectivity index (χ0) is 16.2. The SMILES string of the molecule is CC(=O)C1CCC(c2cnc(OCc3ccccc3F)nc2)N1. The predicted molar refractivity (Wildman–Crippen MR) is 82.3 cm³/mol. The van der Waals surface area contributed by atoms with Gasteiger partial charge in [0.1, 0.15) is 18.2 Å². The highest BCUT2D eigenvalue weighted by atomic mass is 19.1. The number of hydrogen-bond acceptors (Lipinski definition) is 5. The molecule has 2 unspecified atom stereocenters. The monoisotopic (exact) mass is 315 g/mol. The standard InChI is InChI=1S/C17H18FN3O2/c1-11(22)15-6-7-16(21-15)13-8-19-17(20-9-13)23-10-12-4-2-3-5-14(12)18/h2-5,8-9,15-16,21H,6-7,10H2,1H3. The van der Waals surface area contributed by atoms with Gasteiger partial charge in [-0.3, -0.25) is 4.79 Å². The van der Waals surface area contributed by atoms with Gasteiger partial charge in [0.25, 0.3) is 0 Å². The lowest BCUT2D eigenvalue weighted by Crippen LogP contribution is -2.30. The van der Waals surface area contributed by atoms with Crippen molar-refractivity contribution in [2.75, 3.05) is 0 Å². The number of halogens is 1. The summed E-state index contributed by atoms with van der Waals surface area (Å²) < 4.78 is 18.9. The Balaban J connectivity index is 1.59. The molecule has 0 saturated carbocycles. The highest BCUT2D eigenvalue weighted by Gasteiger charge is 2.28. The van der Waals surface area contributed by atoms with E-state index < -0.39 is 0 Å². The van der Waals surface area contributed by atoms with Crippen LogP contribution < -0.4 is 10.1 Å². The molecule has 1 aromatic heterocycles. The topological polar surface area (TPSA) is 64.1 Å². The highest BCUT2D eigenvalue weighted by Crippen LogP contribution is 2.26. The van der Waals surface area contributed by atoms with Gasteiger partial charge in [-0.15, -0.1) is 0 Å². The van der Waals surface area contributed by atoms with E-state index in [4.69, 9.17) is 4.74 Å². The fourth-order valence-electron chi connectivity index (χ4n) is 2.66. The van der Waals surface area contributed by atoms with Crippen LogP contribution in [0.4, 0.5) is 4.39 Å². The van der Waals surface area contributed by atoms with Crippen molar-refractivity contribution < 1.29 is 13.9 Å². The molecule has 2 aromatic rings. The first-order chi connectivity index (χ1) is 11.1. The molecular formula is C17H18FN3O2. The molecule has 1 aliphatic rings. The molecule has 1 fully saturated rings. The smallest absolute Gasteiger partial charge is 0.316 e. The first-order valence-corrected chi connectivity index (χ1v) is 7.58. The summed E-state index contributed by atoms with van der Waals surface area (Å²) in [4.78, 5) is 19.7. The summed E-state index contributed by atoms with van der Waals surface area (Å²) in [5.41, 5.74) is 1.38. The molecule has 0 radical (unpaired) electrons. The Morgan fingerprint density at radius 1 is 1.30 bits per heavy atom. The van der Waals surface area contributed by atoms with Crippen LogP contribution >= 0.6 is 0 Å². The fraction of sp³-hybridized carbons (Fsp3) is 0.353. The zero-order valence-electron chi connectivity index (χ0n) is 12.8. The van der Waals surface area contributed by atoms with Gasteiger partial charge in [-0.05, 0) is 25.8 Å². The molecule has 2 heterocycles. The summed E-state index contributed by atoms with van der Waals surface area (Å²) in [5.74, 6) is -0.159. The number of ether oxygens (including phenoxy) is 1. The molecule has 0 bridgehead atoms. The van der Waals surface area contributed by atoms with Crippen LogP contribution in [0.2, 0.25) is 0 Å². The fourth-order valence-corrected chi connectivity index (χ4v) is 2.66. The summed E-state index contributed by atoms with van der Waals surface area (Å²) in [6.07, 6.45) is 5.07. The van der Waals surface area contributed by atoms with Crippen molar-refractivity contribution in [3.63, 3.8) is 0 Å². The minimum atomic E-state index is -0.311. The maximum atomic E-state index is 13.5. The summed E-state index contributed by atoms with van der Waals surface area (Å²) in [7, 11) is 0. The maximum absolute atomic E-state index is 13.5. The highest BCUT2D eigenvalue weighted by molar-refractivity contribution is 5.81. The third kappa shape index (κ3) is 3.71. The molecular weight excluding hydrogens is 297 g/mol. The lowest BCUT2D eigenvalue weighted by Gasteiger charge is -2.12. The van der Waals surface area contributed by atoms with Crippen molar-refractivity contribution in [1.82, 2.24) is 15.3 Å². The second-order valence-electron chi connectivity index (χ2n) is 5.64. The maximum Gasteiger partial charge on any atom is 0.316 e. The average molecular weight is 315 g/mol. The molecule has 0 spiro atoms. The second kappa shape index (κ2) is 6.83. The van der Waals surface area contributed by atoms with Crippen LogP contribution in [0.1, 0.15) is 36.9 Å². The quantitative estimate of drug-likeness (QED) is 0.919. The number of aromatic nitrogens is 2. The van der Waals surface area contributed by atoms with Crippen LogP contribution in [0.15, 0.2) is 36.7 Å². The van der Waals surface area contributed by atoms with Gasteiger partial charge in [-0.25, -0.2) is 14.4 Å². The first kappa shape index (κ1) is 15.6. The lowest BCUT2D eigenvalue weighted by molar-refractivity contribution is -0.118. The van der Waals surface area contributed by atoms with Crippen molar-refractivity contribution in [3.8, 4) is 6.01 Å². The van der Waals surface area contributed by atoms with Crippen LogP contribution in [0.25, 0.3) is 0 Å². The third-order valence-corrected chi connectivity index (χ3v) is 4.00. The third-order valence-electron chi connectivity index (χ3n) is 4.00. The van der Waals surface area contributed by atoms with E-state index in [9.17, 15) is 9.18 Å². The largest absolute Gasteiger partial charge is 0.458 e. The van der Waals surface area contributed by atoms with Crippen molar-refractivity contribution in [3.05, 3.63) is 53.6 Å². The number of carbonyl (C=O) groups excluding carboxylic acids is 1. The van der Waals surface area contributed by atoms with Gasteiger partial charge >= 0.3 is 6.01 Å². The molecule has 1 aromatic carbocycles. The Morgan fingerprint density at radius 3 is 2.70 bits per heavy atom. The Labute approximate surface area is 133 Å². The molecule has 1 N–H and O–H groups in total. The van der Waals surface area contributed by atoms with Crippen molar-refractivity contribution in [2.24, 2.45) is 0 Å². The molecule has 1 aliphatic heterocycles. The number of ketones is 1. The summed E-state index contributed by atoms with van der Waals surface area (Å²) in [5, 5.41) is 3.27. The normalized spacial score (nSPS) is 20.4. The van der Waals surface area contributed by atoms with Crippen LogP contribution in [0.5, 0.6) is 6.01 Å². The van der Waals surface area contributed by atoms with Crippen molar-refractivity contribution >= 4 is 5.78 Å². The van der Waals surface area contributed by atoms with E-state index >= 15 is 0 Å². The van der Waals surface area contributed by atoms with Gasteiger partial charge in [0.2, 0.25) is 0 Å². The summed E-state index contributed by atoms with van der Waals surface area (Å²) >= 11 is 0. The number of nitrogens with one attached hydrogen (secondary N) is 1. The Hall–Kier alpha value is -2.34. The molecule has 2 atom stereocenters. The number of nitrogens with zero attached hydrogens (tertiary/aromatic N) is 2. The number of rotatable bonds is 5. The first-order valence-electron chi connectivity index (χ1n) is 7.58. The van der Waals surface area contributed by atoms with Crippen molar-refractivity contribution in [2.45, 2.75) is 38.5 Å².